The number of sulfone groups is 2. The molecule has 1 atom stereocenters. The Morgan fingerprint density at radius 3 is 2.34 bits per heavy atom. The average Bonchev–Trinajstić information content (AvgIpc) is 3.20. The van der Waals surface area contributed by atoms with E-state index in [-0.39, 0.29) is 39.7 Å². The summed E-state index contributed by atoms with van der Waals surface area (Å²) in [7, 11) is -6.66. The Kier molecular flexibility index (Phi) is 7.57. The summed E-state index contributed by atoms with van der Waals surface area (Å²) in [6.45, 7) is 0. The highest BCUT2D eigenvalue weighted by atomic mass is 35.5. The molecule has 32 heavy (non-hydrogen) atoms. The topological polar surface area (TPSA) is 123 Å². The standard InChI is InChI=1S/C21H26ClN3O5S2/c1-31(27,28)13-16-11-24-20(12-23-16)25-21(26)10-17(14-5-3-4-6-14)15-7-8-19(18(22)9-15)32(2,29)30/h7-9,11-12,14,17H,3-6,10,13H2,1-2H3,(H,24,25,26). The molecule has 0 spiro atoms. The van der Waals surface area contributed by atoms with Crippen molar-refractivity contribution in [1.29, 1.82) is 0 Å². The molecule has 0 bridgehead atoms. The van der Waals surface area contributed by atoms with Crippen LogP contribution in [0, 0.1) is 5.92 Å². The lowest BCUT2D eigenvalue weighted by molar-refractivity contribution is -0.116. The molecule has 1 aromatic carbocycles. The van der Waals surface area contributed by atoms with Gasteiger partial charge in [-0.1, -0.05) is 30.5 Å². The minimum atomic E-state index is -3.44. The molecule has 1 heterocycles. The van der Waals surface area contributed by atoms with Crippen LogP contribution in [0.3, 0.4) is 0 Å². The summed E-state index contributed by atoms with van der Waals surface area (Å²) in [5.41, 5.74) is 1.13. The number of anilines is 1. The number of nitrogens with one attached hydrogen (secondary N) is 1. The SMILES string of the molecule is CS(=O)(=O)Cc1cnc(NC(=O)CC(c2ccc(S(C)(=O)=O)c(Cl)c2)C2CCCC2)cn1. The van der Waals surface area contributed by atoms with Gasteiger partial charge < -0.3 is 5.32 Å². The first kappa shape index (κ1) is 24.6. The summed E-state index contributed by atoms with van der Waals surface area (Å²) in [4.78, 5) is 21.0. The second kappa shape index (κ2) is 9.84. The number of benzene rings is 1. The van der Waals surface area contributed by atoms with Crippen molar-refractivity contribution >= 4 is 43.0 Å². The van der Waals surface area contributed by atoms with Crippen molar-refractivity contribution in [3.63, 3.8) is 0 Å². The largest absolute Gasteiger partial charge is 0.309 e. The molecule has 1 saturated carbocycles. The Hall–Kier alpha value is -2.04. The molecule has 1 N–H and O–H groups in total. The van der Waals surface area contributed by atoms with Crippen molar-refractivity contribution in [3.8, 4) is 0 Å². The van der Waals surface area contributed by atoms with Crippen molar-refractivity contribution in [1.82, 2.24) is 9.97 Å². The van der Waals surface area contributed by atoms with E-state index in [0.717, 1.165) is 43.8 Å². The second-order valence-corrected chi connectivity index (χ2v) is 12.9. The minimum Gasteiger partial charge on any atom is -0.309 e. The first-order chi connectivity index (χ1) is 14.9. The molecule has 0 saturated heterocycles. The third kappa shape index (κ3) is 6.73. The summed E-state index contributed by atoms with van der Waals surface area (Å²) in [5.74, 6) is -0.0502. The molecule has 174 valence electrons. The predicted octanol–water partition coefficient (Wildman–Crippen LogP) is 3.38. The quantitative estimate of drug-likeness (QED) is 0.590. The van der Waals surface area contributed by atoms with E-state index < -0.39 is 19.7 Å². The van der Waals surface area contributed by atoms with Crippen LogP contribution in [0.1, 0.15) is 49.3 Å². The maximum Gasteiger partial charge on any atom is 0.226 e. The van der Waals surface area contributed by atoms with E-state index in [1.54, 1.807) is 12.1 Å². The monoisotopic (exact) mass is 499 g/mol. The van der Waals surface area contributed by atoms with Crippen LogP contribution in [0.2, 0.25) is 5.02 Å². The first-order valence-electron chi connectivity index (χ1n) is 10.2. The molecule has 1 unspecified atom stereocenters. The van der Waals surface area contributed by atoms with Gasteiger partial charge in [0, 0.05) is 18.9 Å². The van der Waals surface area contributed by atoms with Crippen LogP contribution in [-0.4, -0.2) is 45.2 Å². The lowest BCUT2D eigenvalue weighted by atomic mass is 9.82. The fourth-order valence-corrected chi connectivity index (χ4v) is 6.15. The van der Waals surface area contributed by atoms with Crippen LogP contribution in [0.15, 0.2) is 35.5 Å². The highest BCUT2D eigenvalue weighted by Gasteiger charge is 2.29. The van der Waals surface area contributed by atoms with Crippen LogP contribution < -0.4 is 5.32 Å². The van der Waals surface area contributed by atoms with Gasteiger partial charge in [-0.25, -0.2) is 21.8 Å². The third-order valence-electron chi connectivity index (χ3n) is 5.54. The smallest absolute Gasteiger partial charge is 0.226 e. The van der Waals surface area contributed by atoms with Gasteiger partial charge in [0.2, 0.25) is 5.91 Å². The summed E-state index contributed by atoms with van der Waals surface area (Å²) in [6.07, 6.45) is 9.23. The molecule has 0 radical (unpaired) electrons. The molecule has 1 aliphatic carbocycles. The van der Waals surface area contributed by atoms with Gasteiger partial charge in [0.1, 0.15) is 0 Å². The van der Waals surface area contributed by atoms with Gasteiger partial charge in [-0.05, 0) is 42.4 Å². The van der Waals surface area contributed by atoms with E-state index in [0.29, 0.717) is 11.6 Å². The average molecular weight is 500 g/mol. The van der Waals surface area contributed by atoms with Gasteiger partial charge in [-0.3, -0.25) is 9.78 Å². The summed E-state index contributed by atoms with van der Waals surface area (Å²) in [5, 5.41) is 2.87. The highest BCUT2D eigenvalue weighted by molar-refractivity contribution is 7.90. The van der Waals surface area contributed by atoms with E-state index in [4.69, 9.17) is 11.6 Å². The molecular weight excluding hydrogens is 474 g/mol. The van der Waals surface area contributed by atoms with Crippen LogP contribution in [0.25, 0.3) is 0 Å². The van der Waals surface area contributed by atoms with E-state index in [1.807, 2.05) is 0 Å². The van der Waals surface area contributed by atoms with Gasteiger partial charge in [-0.2, -0.15) is 0 Å². The van der Waals surface area contributed by atoms with E-state index >= 15 is 0 Å². The van der Waals surface area contributed by atoms with Gasteiger partial charge in [-0.15, -0.1) is 0 Å². The molecule has 0 aliphatic heterocycles. The van der Waals surface area contributed by atoms with Crippen molar-refractivity contribution in [2.75, 3.05) is 17.8 Å². The molecule has 2 aromatic rings. The zero-order valence-corrected chi connectivity index (χ0v) is 20.3. The zero-order valence-electron chi connectivity index (χ0n) is 17.9. The van der Waals surface area contributed by atoms with Crippen molar-refractivity contribution in [2.24, 2.45) is 5.92 Å². The van der Waals surface area contributed by atoms with Gasteiger partial charge in [0.05, 0.1) is 33.8 Å². The minimum absolute atomic E-state index is 0.0713. The molecule has 1 fully saturated rings. The Morgan fingerprint density at radius 1 is 1.12 bits per heavy atom. The molecule has 11 heteroatoms. The summed E-state index contributed by atoms with van der Waals surface area (Å²) < 4.78 is 46.5. The number of hydrogen-bond donors (Lipinski definition) is 1. The fraction of sp³-hybridized carbons (Fsp3) is 0.476. The summed E-state index contributed by atoms with van der Waals surface area (Å²) >= 11 is 6.25. The van der Waals surface area contributed by atoms with Crippen LogP contribution in [-0.2, 0) is 30.2 Å². The molecule has 3 rings (SSSR count). The number of nitrogens with zero attached hydrogens (tertiary/aromatic N) is 2. The van der Waals surface area contributed by atoms with Crippen LogP contribution in [0.4, 0.5) is 5.82 Å². The summed E-state index contributed by atoms with van der Waals surface area (Å²) in [6, 6.07) is 4.88. The molecule has 1 aromatic heterocycles. The number of carbonyl (C=O) groups excluding carboxylic acids is 1. The lowest BCUT2D eigenvalue weighted by Crippen LogP contribution is -2.21. The molecule has 8 nitrogen and oxygen atoms in total. The zero-order chi connectivity index (χ0) is 23.5. The molecule has 1 amide bonds. The van der Waals surface area contributed by atoms with Gasteiger partial charge in [0.15, 0.2) is 25.5 Å². The number of hydrogen-bond acceptors (Lipinski definition) is 7. The third-order valence-corrected chi connectivity index (χ3v) is 7.94. The van der Waals surface area contributed by atoms with Gasteiger partial charge in [0.25, 0.3) is 0 Å². The van der Waals surface area contributed by atoms with Gasteiger partial charge >= 0.3 is 0 Å². The molecular formula is C21H26ClN3O5S2. The fourth-order valence-electron chi connectivity index (χ4n) is 4.12. The number of rotatable bonds is 8. The Balaban J connectivity index is 1.76. The predicted molar refractivity (Wildman–Crippen MR) is 123 cm³/mol. The Morgan fingerprint density at radius 2 is 1.81 bits per heavy atom. The van der Waals surface area contributed by atoms with Crippen molar-refractivity contribution in [2.45, 2.75) is 48.7 Å². The number of carbonyl (C=O) groups is 1. The maximum atomic E-state index is 12.8. The van der Waals surface area contributed by atoms with E-state index in [1.165, 1.54) is 18.5 Å². The van der Waals surface area contributed by atoms with E-state index in [2.05, 4.69) is 15.3 Å². The second-order valence-electron chi connectivity index (χ2n) is 8.33. The maximum absolute atomic E-state index is 12.8. The van der Waals surface area contributed by atoms with Crippen LogP contribution >= 0.6 is 11.6 Å². The highest BCUT2D eigenvalue weighted by Crippen LogP contribution is 2.40. The number of amides is 1. The Labute approximate surface area is 193 Å². The van der Waals surface area contributed by atoms with Crippen molar-refractivity contribution in [3.05, 3.63) is 46.9 Å². The van der Waals surface area contributed by atoms with Crippen molar-refractivity contribution < 1.29 is 21.6 Å². The lowest BCUT2D eigenvalue weighted by Gasteiger charge is -2.24. The molecule has 1 aliphatic rings. The number of aromatic nitrogens is 2. The Bertz CT molecular complexity index is 1190. The normalized spacial score (nSPS) is 16.1. The van der Waals surface area contributed by atoms with Crippen LogP contribution in [0.5, 0.6) is 0 Å². The van der Waals surface area contributed by atoms with E-state index in [9.17, 15) is 21.6 Å². The number of halogens is 1. The first-order valence-corrected chi connectivity index (χ1v) is 14.5.